The van der Waals surface area contributed by atoms with Gasteiger partial charge < -0.3 is 15.0 Å². The van der Waals surface area contributed by atoms with E-state index >= 15 is 0 Å². The van der Waals surface area contributed by atoms with Crippen molar-refractivity contribution in [3.63, 3.8) is 0 Å². The van der Waals surface area contributed by atoms with Crippen molar-refractivity contribution in [1.29, 1.82) is 0 Å². The summed E-state index contributed by atoms with van der Waals surface area (Å²) in [5.74, 6) is -1.20. The van der Waals surface area contributed by atoms with Crippen molar-refractivity contribution >= 4 is 38.9 Å². The number of ether oxygens (including phenoxy) is 1. The Labute approximate surface area is 145 Å². The maximum absolute atomic E-state index is 12.3. The fraction of sp³-hybridized carbons (Fsp3) is 0.467. The van der Waals surface area contributed by atoms with Crippen molar-refractivity contribution in [3.8, 4) is 5.75 Å². The van der Waals surface area contributed by atoms with E-state index in [-0.39, 0.29) is 18.1 Å². The predicted molar refractivity (Wildman–Crippen MR) is 91.1 cm³/mol. The highest BCUT2D eigenvalue weighted by Crippen LogP contribution is 2.27. The number of methoxy groups -OCH3 is 1. The van der Waals surface area contributed by atoms with Crippen molar-refractivity contribution in [1.82, 2.24) is 4.90 Å². The summed E-state index contributed by atoms with van der Waals surface area (Å²) in [6.45, 7) is 1.97. The molecule has 24 heavy (non-hydrogen) atoms. The van der Waals surface area contributed by atoms with Gasteiger partial charge in [-0.25, -0.2) is 8.42 Å². The lowest BCUT2D eigenvalue weighted by Gasteiger charge is -2.26. The van der Waals surface area contributed by atoms with Crippen LogP contribution in [0.25, 0.3) is 0 Å². The fourth-order valence-electron chi connectivity index (χ4n) is 2.65. The molecule has 1 aliphatic heterocycles. The second-order valence-corrected chi connectivity index (χ2v) is 8.09. The van der Waals surface area contributed by atoms with Crippen LogP contribution in [0.2, 0.25) is 5.02 Å². The number of carbonyl (C=O) groups excluding carboxylic acids is 2. The summed E-state index contributed by atoms with van der Waals surface area (Å²) in [7, 11) is -1.67. The van der Waals surface area contributed by atoms with Crippen LogP contribution in [0.5, 0.6) is 5.75 Å². The SMILES string of the molecule is CCN(C(=O)C(=O)Nc1ccc(OC)c(Cl)c1)C1CCS(=O)(=O)C1. The second-order valence-electron chi connectivity index (χ2n) is 5.45. The summed E-state index contributed by atoms with van der Waals surface area (Å²) in [5, 5.41) is 2.78. The Morgan fingerprint density at radius 2 is 2.12 bits per heavy atom. The Hall–Kier alpha value is -1.80. The molecule has 0 aliphatic carbocycles. The molecule has 132 valence electrons. The number of likely N-dealkylation sites (N-methyl/N-ethyl adjacent to an activating group) is 1. The molecule has 0 spiro atoms. The second kappa shape index (κ2) is 7.40. The van der Waals surface area contributed by atoms with Crippen LogP contribution in [0.15, 0.2) is 18.2 Å². The van der Waals surface area contributed by atoms with E-state index in [4.69, 9.17) is 16.3 Å². The normalized spacial score (nSPS) is 18.9. The van der Waals surface area contributed by atoms with Gasteiger partial charge >= 0.3 is 11.8 Å². The predicted octanol–water partition coefficient (Wildman–Crippen LogP) is 1.32. The lowest BCUT2D eigenvalue weighted by atomic mass is 10.2. The summed E-state index contributed by atoms with van der Waals surface area (Å²) in [4.78, 5) is 25.8. The summed E-state index contributed by atoms with van der Waals surface area (Å²) in [6, 6.07) is 4.15. The van der Waals surface area contributed by atoms with Gasteiger partial charge in [0.05, 0.1) is 23.6 Å². The molecule has 7 nitrogen and oxygen atoms in total. The van der Waals surface area contributed by atoms with E-state index in [0.29, 0.717) is 22.9 Å². The van der Waals surface area contributed by atoms with E-state index in [9.17, 15) is 18.0 Å². The number of carbonyl (C=O) groups is 2. The summed E-state index contributed by atoms with van der Waals surface area (Å²) >= 11 is 5.98. The van der Waals surface area contributed by atoms with E-state index in [1.807, 2.05) is 0 Å². The Bertz CT molecular complexity index is 750. The van der Waals surface area contributed by atoms with E-state index in [1.54, 1.807) is 19.1 Å². The molecule has 1 heterocycles. The molecule has 1 aromatic rings. The third kappa shape index (κ3) is 4.18. The largest absolute Gasteiger partial charge is 0.495 e. The number of halogens is 1. The smallest absolute Gasteiger partial charge is 0.313 e. The van der Waals surface area contributed by atoms with Crippen LogP contribution in [0.1, 0.15) is 13.3 Å². The van der Waals surface area contributed by atoms with E-state index in [2.05, 4.69) is 5.32 Å². The minimum Gasteiger partial charge on any atom is -0.495 e. The molecule has 1 aromatic carbocycles. The van der Waals surface area contributed by atoms with Gasteiger partial charge in [0, 0.05) is 18.3 Å². The highest BCUT2D eigenvalue weighted by Gasteiger charge is 2.35. The molecule has 1 saturated heterocycles. The van der Waals surface area contributed by atoms with Gasteiger partial charge in [0.2, 0.25) is 0 Å². The molecule has 0 saturated carbocycles. The highest BCUT2D eigenvalue weighted by molar-refractivity contribution is 7.91. The van der Waals surface area contributed by atoms with Crippen molar-refractivity contribution in [2.24, 2.45) is 0 Å². The van der Waals surface area contributed by atoms with E-state index in [1.165, 1.54) is 18.1 Å². The van der Waals surface area contributed by atoms with E-state index in [0.717, 1.165) is 0 Å². The Balaban J connectivity index is 2.08. The number of hydrogen-bond acceptors (Lipinski definition) is 5. The number of nitrogens with zero attached hydrogens (tertiary/aromatic N) is 1. The lowest BCUT2D eigenvalue weighted by molar-refractivity contribution is -0.144. The number of sulfone groups is 1. The van der Waals surface area contributed by atoms with Crippen molar-refractivity contribution in [2.75, 3.05) is 30.5 Å². The molecule has 2 amide bonds. The third-order valence-electron chi connectivity index (χ3n) is 3.85. The number of anilines is 1. The number of hydrogen-bond donors (Lipinski definition) is 1. The molecule has 1 unspecified atom stereocenters. The molecular formula is C15H19ClN2O5S. The molecule has 0 radical (unpaired) electrons. The van der Waals surface area contributed by atoms with Crippen LogP contribution in [0.4, 0.5) is 5.69 Å². The Morgan fingerprint density at radius 1 is 1.42 bits per heavy atom. The van der Waals surface area contributed by atoms with Gasteiger partial charge in [0.15, 0.2) is 9.84 Å². The topological polar surface area (TPSA) is 92.8 Å². The number of benzene rings is 1. The molecule has 0 bridgehead atoms. The van der Waals surface area contributed by atoms with Crippen LogP contribution in [-0.4, -0.2) is 56.3 Å². The maximum Gasteiger partial charge on any atom is 0.313 e. The van der Waals surface area contributed by atoms with Gasteiger partial charge in [-0.1, -0.05) is 11.6 Å². The number of nitrogens with one attached hydrogen (secondary N) is 1. The number of amides is 2. The van der Waals surface area contributed by atoms with Crippen molar-refractivity contribution < 1.29 is 22.7 Å². The van der Waals surface area contributed by atoms with Crippen LogP contribution in [0, 0.1) is 0 Å². The first-order chi connectivity index (χ1) is 11.3. The highest BCUT2D eigenvalue weighted by atomic mass is 35.5. The first-order valence-electron chi connectivity index (χ1n) is 7.43. The van der Waals surface area contributed by atoms with Crippen LogP contribution < -0.4 is 10.1 Å². The zero-order valence-electron chi connectivity index (χ0n) is 13.4. The third-order valence-corrected chi connectivity index (χ3v) is 5.90. The van der Waals surface area contributed by atoms with Crippen LogP contribution in [0.3, 0.4) is 0 Å². The minimum absolute atomic E-state index is 0.0388. The molecule has 0 aromatic heterocycles. The van der Waals surface area contributed by atoms with E-state index < -0.39 is 27.7 Å². The average molecular weight is 375 g/mol. The van der Waals surface area contributed by atoms with Crippen molar-refractivity contribution in [2.45, 2.75) is 19.4 Å². The summed E-state index contributed by atoms with van der Waals surface area (Å²) in [6.07, 6.45) is 0.351. The fourth-order valence-corrected chi connectivity index (χ4v) is 4.64. The average Bonchev–Trinajstić information content (AvgIpc) is 2.88. The first-order valence-corrected chi connectivity index (χ1v) is 9.63. The molecule has 1 N–H and O–H groups in total. The minimum atomic E-state index is -3.14. The van der Waals surface area contributed by atoms with Gasteiger partial charge in [-0.2, -0.15) is 0 Å². The van der Waals surface area contributed by atoms with Gasteiger partial charge in [-0.05, 0) is 31.5 Å². The van der Waals surface area contributed by atoms with Gasteiger partial charge in [-0.15, -0.1) is 0 Å². The lowest BCUT2D eigenvalue weighted by Crippen LogP contribution is -2.46. The zero-order valence-corrected chi connectivity index (χ0v) is 15.0. The maximum atomic E-state index is 12.3. The monoisotopic (exact) mass is 374 g/mol. The quantitative estimate of drug-likeness (QED) is 0.802. The Kier molecular flexibility index (Phi) is 5.71. The Morgan fingerprint density at radius 3 is 2.62 bits per heavy atom. The molecular weight excluding hydrogens is 356 g/mol. The molecule has 1 aliphatic rings. The van der Waals surface area contributed by atoms with Gasteiger partial charge in [0.1, 0.15) is 5.75 Å². The summed E-state index contributed by atoms with van der Waals surface area (Å²) in [5.41, 5.74) is 0.356. The van der Waals surface area contributed by atoms with Gasteiger partial charge in [-0.3, -0.25) is 9.59 Å². The standard InChI is InChI=1S/C15H19ClN2O5S/c1-3-18(11-6-7-24(21,22)9-11)15(20)14(19)17-10-4-5-13(23-2)12(16)8-10/h4-5,8,11H,3,6-7,9H2,1-2H3,(H,17,19). The molecule has 1 fully saturated rings. The summed E-state index contributed by atoms with van der Waals surface area (Å²) < 4.78 is 28.2. The first kappa shape index (κ1) is 18.5. The molecule has 9 heteroatoms. The van der Waals surface area contributed by atoms with Gasteiger partial charge in [0.25, 0.3) is 0 Å². The van der Waals surface area contributed by atoms with Crippen LogP contribution >= 0.6 is 11.6 Å². The molecule has 1 atom stereocenters. The number of rotatable bonds is 4. The molecule has 2 rings (SSSR count). The zero-order chi connectivity index (χ0) is 17.9. The van der Waals surface area contributed by atoms with Crippen LogP contribution in [-0.2, 0) is 19.4 Å². The van der Waals surface area contributed by atoms with Crippen molar-refractivity contribution in [3.05, 3.63) is 23.2 Å².